The topological polar surface area (TPSA) is 52.9 Å². The smallest absolute Gasteiger partial charge is 0.107 e. The van der Waals surface area contributed by atoms with Crippen molar-refractivity contribution in [3.8, 4) is 6.07 Å². The first-order valence-corrected chi connectivity index (χ1v) is 9.52. The molecule has 0 radical (unpaired) electrons. The average molecular weight is 308 g/mol. The summed E-state index contributed by atoms with van der Waals surface area (Å²) < 4.78 is 15.1. The molecule has 118 valence electrons. The number of hydrogen-bond donors (Lipinski definition) is 1. The summed E-state index contributed by atoms with van der Waals surface area (Å²) in [5, 5.41) is 9.50. The van der Waals surface area contributed by atoms with Gasteiger partial charge in [-0.3, -0.25) is 0 Å². The standard InChI is InChI=1S/C17H28N2OS/c1-16(2,3)21(20)19-15(11-18)10-17-7-12-4-13(8-17)6-14(5-12)9-17/h12-15,19H,4-10H2,1-3H3/t12?,13?,14?,15-,17?,21?/m0/s1. The molecular weight excluding hydrogens is 280 g/mol. The van der Waals surface area contributed by atoms with Gasteiger partial charge < -0.3 is 0 Å². The quantitative estimate of drug-likeness (QED) is 0.863. The molecule has 4 bridgehead atoms. The van der Waals surface area contributed by atoms with E-state index in [1.165, 1.54) is 38.5 Å². The van der Waals surface area contributed by atoms with Gasteiger partial charge in [0.25, 0.3) is 0 Å². The molecule has 4 fully saturated rings. The first kappa shape index (κ1) is 15.5. The maximum atomic E-state index is 12.3. The predicted octanol–water partition coefficient (Wildman–Crippen LogP) is 3.54. The van der Waals surface area contributed by atoms with Crippen LogP contribution in [0.5, 0.6) is 0 Å². The predicted molar refractivity (Wildman–Crippen MR) is 85.7 cm³/mol. The Balaban J connectivity index is 1.67. The van der Waals surface area contributed by atoms with Gasteiger partial charge in [-0.05, 0) is 88.9 Å². The molecule has 4 rings (SSSR count). The number of hydrogen-bond acceptors (Lipinski definition) is 2. The highest BCUT2D eigenvalue weighted by Crippen LogP contribution is 2.61. The third-order valence-electron chi connectivity index (χ3n) is 5.76. The van der Waals surface area contributed by atoms with E-state index in [2.05, 4.69) is 10.8 Å². The van der Waals surface area contributed by atoms with Crippen molar-refractivity contribution in [3.63, 3.8) is 0 Å². The van der Waals surface area contributed by atoms with Crippen molar-refractivity contribution in [2.75, 3.05) is 0 Å². The van der Waals surface area contributed by atoms with Crippen LogP contribution in [0.1, 0.15) is 65.7 Å². The molecule has 0 heterocycles. The van der Waals surface area contributed by atoms with E-state index in [0.29, 0.717) is 5.41 Å². The van der Waals surface area contributed by atoms with E-state index in [4.69, 9.17) is 0 Å². The Hall–Kier alpha value is -0.400. The molecule has 0 aromatic rings. The van der Waals surface area contributed by atoms with Gasteiger partial charge in [-0.2, -0.15) is 5.26 Å². The Morgan fingerprint density at radius 2 is 1.67 bits per heavy atom. The molecule has 21 heavy (non-hydrogen) atoms. The van der Waals surface area contributed by atoms with Gasteiger partial charge in [-0.1, -0.05) is 0 Å². The van der Waals surface area contributed by atoms with Crippen LogP contribution in [0, 0.1) is 34.5 Å². The minimum absolute atomic E-state index is 0.263. The Bertz CT molecular complexity index is 439. The van der Waals surface area contributed by atoms with Gasteiger partial charge in [0.2, 0.25) is 0 Å². The lowest BCUT2D eigenvalue weighted by Crippen LogP contribution is -2.49. The van der Waals surface area contributed by atoms with Crippen LogP contribution >= 0.6 is 0 Å². The Kier molecular flexibility index (Phi) is 3.95. The van der Waals surface area contributed by atoms with Gasteiger partial charge in [0.1, 0.15) is 6.04 Å². The molecule has 0 aromatic heterocycles. The first-order chi connectivity index (χ1) is 9.79. The Labute approximate surface area is 131 Å². The monoisotopic (exact) mass is 308 g/mol. The van der Waals surface area contributed by atoms with Crippen molar-refractivity contribution in [2.45, 2.75) is 76.5 Å². The van der Waals surface area contributed by atoms with Crippen LogP contribution in [-0.4, -0.2) is 15.0 Å². The molecule has 0 amide bonds. The second kappa shape index (κ2) is 5.35. The molecule has 4 aliphatic rings. The minimum Gasteiger partial charge on any atom is -0.242 e. The summed E-state index contributed by atoms with van der Waals surface area (Å²) in [5.74, 6) is 2.72. The fraction of sp³-hybridized carbons (Fsp3) is 0.941. The summed E-state index contributed by atoms with van der Waals surface area (Å²) in [5.41, 5.74) is 0.365. The van der Waals surface area contributed by atoms with E-state index in [1.54, 1.807) is 0 Å². The van der Waals surface area contributed by atoms with Crippen LogP contribution < -0.4 is 4.72 Å². The van der Waals surface area contributed by atoms with Crippen molar-refractivity contribution in [1.82, 2.24) is 4.72 Å². The van der Waals surface area contributed by atoms with Gasteiger partial charge in [-0.15, -0.1) is 0 Å². The maximum absolute atomic E-state index is 12.3. The lowest BCUT2D eigenvalue weighted by atomic mass is 9.48. The van der Waals surface area contributed by atoms with Crippen LogP contribution in [-0.2, 0) is 11.0 Å². The summed E-state index contributed by atoms with van der Waals surface area (Å²) >= 11 is 0. The summed E-state index contributed by atoms with van der Waals surface area (Å²) in [6, 6.07) is 2.11. The zero-order valence-electron chi connectivity index (χ0n) is 13.5. The summed E-state index contributed by atoms with van der Waals surface area (Å²) in [6.45, 7) is 5.86. The number of nitrogens with zero attached hydrogens (tertiary/aromatic N) is 1. The summed E-state index contributed by atoms with van der Waals surface area (Å²) in [4.78, 5) is 0. The van der Waals surface area contributed by atoms with Crippen molar-refractivity contribution in [2.24, 2.45) is 23.2 Å². The Morgan fingerprint density at radius 1 is 1.19 bits per heavy atom. The average Bonchev–Trinajstić information content (AvgIpc) is 2.34. The maximum Gasteiger partial charge on any atom is 0.107 e. The van der Waals surface area contributed by atoms with Crippen molar-refractivity contribution in [3.05, 3.63) is 0 Å². The van der Waals surface area contributed by atoms with Gasteiger partial charge >= 0.3 is 0 Å². The second-order valence-corrected chi connectivity index (χ2v) is 10.8. The molecule has 4 aliphatic carbocycles. The van der Waals surface area contributed by atoms with E-state index in [0.717, 1.165) is 24.2 Å². The molecule has 4 saturated carbocycles. The zero-order valence-corrected chi connectivity index (χ0v) is 14.3. The fourth-order valence-corrected chi connectivity index (χ4v) is 6.14. The SMILES string of the molecule is CC(C)(C)S(=O)N[C@H](C#N)CC12CC3CC(CC(C3)C1)C2. The molecule has 0 aromatic carbocycles. The highest BCUT2D eigenvalue weighted by atomic mass is 32.2. The molecule has 1 unspecified atom stereocenters. The largest absolute Gasteiger partial charge is 0.242 e. The molecule has 2 atom stereocenters. The van der Waals surface area contributed by atoms with Crippen molar-refractivity contribution in [1.29, 1.82) is 5.26 Å². The van der Waals surface area contributed by atoms with E-state index in [9.17, 15) is 9.47 Å². The Morgan fingerprint density at radius 3 is 2.05 bits per heavy atom. The van der Waals surface area contributed by atoms with Crippen molar-refractivity contribution < 1.29 is 4.21 Å². The number of nitriles is 1. The van der Waals surface area contributed by atoms with E-state index >= 15 is 0 Å². The third-order valence-corrected chi connectivity index (χ3v) is 7.37. The van der Waals surface area contributed by atoms with Crippen LogP contribution in [0.25, 0.3) is 0 Å². The molecule has 4 heteroatoms. The highest BCUT2D eigenvalue weighted by Gasteiger charge is 2.51. The minimum atomic E-state index is -1.15. The van der Waals surface area contributed by atoms with Gasteiger partial charge in [-0.25, -0.2) is 8.93 Å². The van der Waals surface area contributed by atoms with Crippen LogP contribution in [0.2, 0.25) is 0 Å². The third kappa shape index (κ3) is 3.19. The lowest BCUT2D eigenvalue weighted by molar-refractivity contribution is -0.0587. The van der Waals surface area contributed by atoms with Crippen LogP contribution in [0.3, 0.4) is 0 Å². The molecule has 0 saturated heterocycles. The highest BCUT2D eigenvalue weighted by molar-refractivity contribution is 7.84. The fourth-order valence-electron chi connectivity index (χ4n) is 5.39. The van der Waals surface area contributed by atoms with E-state index < -0.39 is 11.0 Å². The zero-order chi connectivity index (χ0) is 15.3. The number of rotatable bonds is 4. The summed E-state index contributed by atoms with van der Waals surface area (Å²) in [6.07, 6.45) is 9.10. The molecule has 1 N–H and O–H groups in total. The molecule has 0 spiro atoms. The second-order valence-electron chi connectivity index (χ2n) is 8.80. The van der Waals surface area contributed by atoms with Crippen LogP contribution in [0.4, 0.5) is 0 Å². The van der Waals surface area contributed by atoms with E-state index in [1.807, 2.05) is 20.8 Å². The van der Waals surface area contributed by atoms with Crippen molar-refractivity contribution >= 4 is 11.0 Å². The molecule has 3 nitrogen and oxygen atoms in total. The van der Waals surface area contributed by atoms with Crippen LogP contribution in [0.15, 0.2) is 0 Å². The summed E-state index contributed by atoms with van der Waals surface area (Å²) in [7, 11) is -1.15. The molecule has 0 aliphatic heterocycles. The number of nitrogens with one attached hydrogen (secondary N) is 1. The van der Waals surface area contributed by atoms with Gasteiger partial charge in [0.05, 0.1) is 21.8 Å². The molecular formula is C17H28N2OS. The lowest BCUT2D eigenvalue weighted by Gasteiger charge is -2.57. The van der Waals surface area contributed by atoms with E-state index in [-0.39, 0.29) is 10.8 Å². The first-order valence-electron chi connectivity index (χ1n) is 8.37. The normalized spacial score (nSPS) is 40.8. The van der Waals surface area contributed by atoms with Gasteiger partial charge in [0.15, 0.2) is 0 Å². The van der Waals surface area contributed by atoms with Gasteiger partial charge in [0, 0.05) is 0 Å².